The van der Waals surface area contributed by atoms with E-state index >= 15 is 0 Å². The molecule has 0 radical (unpaired) electrons. The van der Waals surface area contributed by atoms with Gasteiger partial charge in [0.25, 0.3) is 0 Å². The highest BCUT2D eigenvalue weighted by atomic mass is 16.7. The van der Waals surface area contributed by atoms with E-state index in [0.717, 1.165) is 49.4 Å². The van der Waals surface area contributed by atoms with E-state index in [1.807, 2.05) is 0 Å². The second-order valence-corrected chi connectivity index (χ2v) is 9.54. The van der Waals surface area contributed by atoms with Crippen molar-refractivity contribution in [3.05, 3.63) is 59.2 Å². The highest BCUT2D eigenvalue weighted by molar-refractivity contribution is 5.97. The van der Waals surface area contributed by atoms with Gasteiger partial charge in [-0.25, -0.2) is 9.59 Å². The van der Waals surface area contributed by atoms with Crippen LogP contribution in [0.4, 0.5) is 0 Å². The number of aliphatic hydroxyl groups is 2. The lowest BCUT2D eigenvalue weighted by atomic mass is 9.98. The second kappa shape index (κ2) is 12.4. The van der Waals surface area contributed by atoms with E-state index in [4.69, 9.17) is 18.9 Å². The van der Waals surface area contributed by atoms with E-state index in [9.17, 15) is 60.3 Å². The van der Waals surface area contributed by atoms with Crippen molar-refractivity contribution in [2.75, 3.05) is 6.61 Å². The molecule has 1 aliphatic heterocycles. The number of Topliss-reactive ketones (excluding diaryl/α,β-unsaturated/α-hetero) is 1. The Hall–Kier alpha value is -5.45. The number of phenols is 7. The molecule has 0 saturated carbocycles. The predicted octanol–water partition coefficient (Wildman–Crippen LogP) is 0.736. The van der Waals surface area contributed by atoms with E-state index in [1.54, 1.807) is 0 Å². The average Bonchev–Trinajstić information content (AvgIpc) is 2.97. The minimum absolute atomic E-state index is 0.165. The third-order valence-electron chi connectivity index (χ3n) is 6.48. The molecule has 4 rings (SSSR count). The van der Waals surface area contributed by atoms with Crippen LogP contribution in [-0.2, 0) is 14.2 Å². The maximum atomic E-state index is 13.1. The summed E-state index contributed by atoms with van der Waals surface area (Å²) in [5.41, 5.74) is -1.24. The second-order valence-electron chi connectivity index (χ2n) is 9.54. The molecule has 1 heterocycles. The van der Waals surface area contributed by atoms with Crippen LogP contribution in [0.15, 0.2) is 42.5 Å². The summed E-state index contributed by atoms with van der Waals surface area (Å²) in [4.78, 5) is 38.4. The Morgan fingerprint density at radius 3 is 1.68 bits per heavy atom. The number of ketones is 1. The SMILES string of the molecule is CC(=O)c1cc(O)ccc1O[C@@H]1O[C@H](CO)[C@@H](O)[C@H](OC(=O)c2cc(O)c(O)c(O)c2)[C@H]1OC(=O)c1cc(O)c(O)c(O)c1. The van der Waals surface area contributed by atoms with Crippen LogP contribution in [0.3, 0.4) is 0 Å². The van der Waals surface area contributed by atoms with Gasteiger partial charge in [-0.15, -0.1) is 0 Å². The third-order valence-corrected chi connectivity index (χ3v) is 6.48. The molecular weight excluding hydrogens is 592 g/mol. The van der Waals surface area contributed by atoms with Gasteiger partial charge in [-0.3, -0.25) is 4.79 Å². The van der Waals surface area contributed by atoms with E-state index < -0.39 is 101 Å². The fraction of sp³-hybridized carbons (Fsp3) is 0.250. The van der Waals surface area contributed by atoms with Crippen molar-refractivity contribution in [2.24, 2.45) is 0 Å². The number of hydrogen-bond donors (Lipinski definition) is 9. The fourth-order valence-electron chi connectivity index (χ4n) is 4.24. The number of phenolic OH excluding ortho intramolecular Hbond substituents is 7. The van der Waals surface area contributed by atoms with Gasteiger partial charge in [-0.05, 0) is 49.4 Å². The van der Waals surface area contributed by atoms with Gasteiger partial charge in [0.05, 0.1) is 23.3 Å². The van der Waals surface area contributed by atoms with E-state index in [0.29, 0.717) is 0 Å². The molecule has 0 aromatic heterocycles. The number of carbonyl (C=O) groups excluding carboxylic acids is 3. The summed E-state index contributed by atoms with van der Waals surface area (Å²) >= 11 is 0. The van der Waals surface area contributed by atoms with Gasteiger partial charge in [0.2, 0.25) is 12.4 Å². The number of benzene rings is 3. The molecule has 5 atom stereocenters. The van der Waals surface area contributed by atoms with Crippen LogP contribution in [0.2, 0.25) is 0 Å². The lowest BCUT2D eigenvalue weighted by molar-refractivity contribution is -0.276. The van der Waals surface area contributed by atoms with Crippen molar-refractivity contribution in [1.82, 2.24) is 0 Å². The van der Waals surface area contributed by atoms with Gasteiger partial charge in [0.1, 0.15) is 23.7 Å². The van der Waals surface area contributed by atoms with Crippen LogP contribution in [-0.4, -0.2) is 101 Å². The standard InChI is InChI=1S/C28H26O16/c1-10(30)14-8-13(31)2-3-19(14)41-28-25(44-27(40)12-6-17(34)22(37)18(35)7-12)24(23(38)20(9-29)42-28)43-26(39)11-4-15(32)21(36)16(33)5-11/h2-8,20,23-25,28-29,31-38H,9H2,1H3/t20-,23-,24+,25-,28-/m1/s1. The first kappa shape index (κ1) is 31.5. The number of carbonyl (C=O) groups is 3. The average molecular weight is 619 g/mol. The molecule has 16 heteroatoms. The number of rotatable bonds is 8. The summed E-state index contributed by atoms with van der Waals surface area (Å²) in [6, 6.07) is 6.25. The first-order chi connectivity index (χ1) is 20.7. The van der Waals surface area contributed by atoms with Crippen molar-refractivity contribution in [1.29, 1.82) is 0 Å². The summed E-state index contributed by atoms with van der Waals surface area (Å²) in [5, 5.41) is 89.2. The topological polar surface area (TPSA) is 270 Å². The summed E-state index contributed by atoms with van der Waals surface area (Å²) < 4.78 is 22.2. The Labute approximate surface area is 246 Å². The zero-order chi connectivity index (χ0) is 32.5. The van der Waals surface area contributed by atoms with E-state index in [2.05, 4.69) is 0 Å². The van der Waals surface area contributed by atoms with Gasteiger partial charge in [0.15, 0.2) is 46.4 Å². The summed E-state index contributed by atoms with van der Waals surface area (Å²) in [7, 11) is 0. The van der Waals surface area contributed by atoms with Crippen molar-refractivity contribution in [2.45, 2.75) is 37.6 Å². The minimum Gasteiger partial charge on any atom is -0.508 e. The van der Waals surface area contributed by atoms with Gasteiger partial charge in [-0.1, -0.05) is 0 Å². The molecular formula is C28H26O16. The number of ether oxygens (including phenoxy) is 4. The highest BCUT2D eigenvalue weighted by Gasteiger charge is 2.51. The fourth-order valence-corrected chi connectivity index (χ4v) is 4.24. The number of hydrogen-bond acceptors (Lipinski definition) is 16. The monoisotopic (exact) mass is 618 g/mol. The Bertz CT molecular complexity index is 1550. The van der Waals surface area contributed by atoms with Crippen LogP contribution < -0.4 is 4.74 Å². The molecule has 1 fully saturated rings. The smallest absolute Gasteiger partial charge is 0.339 e. The molecule has 1 aliphatic rings. The Kier molecular flexibility index (Phi) is 8.89. The molecule has 16 nitrogen and oxygen atoms in total. The lowest BCUT2D eigenvalue weighted by Crippen LogP contribution is -2.62. The summed E-state index contributed by atoms with van der Waals surface area (Å²) in [6.45, 7) is 0.253. The van der Waals surface area contributed by atoms with Gasteiger partial charge in [-0.2, -0.15) is 0 Å². The summed E-state index contributed by atoms with van der Waals surface area (Å²) in [6.07, 6.45) is -9.25. The summed E-state index contributed by atoms with van der Waals surface area (Å²) in [5.74, 6) is -9.31. The number of aromatic hydroxyl groups is 7. The first-order valence-electron chi connectivity index (χ1n) is 12.6. The van der Waals surface area contributed by atoms with Crippen LogP contribution in [0.1, 0.15) is 38.0 Å². The maximum absolute atomic E-state index is 13.1. The van der Waals surface area contributed by atoms with Crippen molar-refractivity contribution in [3.63, 3.8) is 0 Å². The molecule has 0 spiro atoms. The van der Waals surface area contributed by atoms with Crippen LogP contribution in [0.5, 0.6) is 46.0 Å². The zero-order valence-corrected chi connectivity index (χ0v) is 22.5. The van der Waals surface area contributed by atoms with Crippen molar-refractivity contribution >= 4 is 17.7 Å². The Morgan fingerprint density at radius 2 is 1.23 bits per heavy atom. The molecule has 0 unspecified atom stereocenters. The number of aliphatic hydroxyl groups excluding tert-OH is 2. The molecule has 234 valence electrons. The van der Waals surface area contributed by atoms with Crippen molar-refractivity contribution in [3.8, 4) is 46.0 Å². The molecule has 3 aromatic rings. The van der Waals surface area contributed by atoms with Crippen molar-refractivity contribution < 1.29 is 79.3 Å². The molecule has 0 aliphatic carbocycles. The van der Waals surface area contributed by atoms with E-state index in [1.165, 1.54) is 0 Å². The molecule has 0 bridgehead atoms. The van der Waals surface area contributed by atoms with Crippen LogP contribution >= 0.6 is 0 Å². The third kappa shape index (κ3) is 6.31. The van der Waals surface area contributed by atoms with Gasteiger partial charge >= 0.3 is 11.9 Å². The first-order valence-corrected chi connectivity index (χ1v) is 12.6. The molecule has 0 amide bonds. The molecule has 9 N–H and O–H groups in total. The van der Waals surface area contributed by atoms with Crippen LogP contribution in [0.25, 0.3) is 0 Å². The van der Waals surface area contributed by atoms with Gasteiger partial charge < -0.3 is 64.9 Å². The maximum Gasteiger partial charge on any atom is 0.339 e. The zero-order valence-electron chi connectivity index (χ0n) is 22.5. The highest BCUT2D eigenvalue weighted by Crippen LogP contribution is 2.38. The van der Waals surface area contributed by atoms with Gasteiger partial charge in [0, 0.05) is 0 Å². The Morgan fingerprint density at radius 1 is 0.750 bits per heavy atom. The van der Waals surface area contributed by atoms with E-state index in [-0.39, 0.29) is 17.1 Å². The Balaban J connectivity index is 1.77. The normalized spacial score (nSPS) is 21.3. The quantitative estimate of drug-likeness (QED) is 0.0956. The molecule has 44 heavy (non-hydrogen) atoms. The minimum atomic E-state index is -1.95. The number of esters is 2. The molecule has 1 saturated heterocycles. The van der Waals surface area contributed by atoms with Crippen LogP contribution in [0, 0.1) is 0 Å². The predicted molar refractivity (Wildman–Crippen MR) is 142 cm³/mol. The largest absolute Gasteiger partial charge is 0.508 e. The lowest BCUT2D eigenvalue weighted by Gasteiger charge is -2.42. The molecule has 3 aromatic carbocycles.